The van der Waals surface area contributed by atoms with Crippen LogP contribution in [0.4, 0.5) is 0 Å². The second kappa shape index (κ2) is 13.1. The summed E-state index contributed by atoms with van der Waals surface area (Å²) in [7, 11) is 1.60. The van der Waals surface area contributed by atoms with E-state index in [0.29, 0.717) is 37.4 Å². The van der Waals surface area contributed by atoms with E-state index in [-0.39, 0.29) is 17.9 Å². The van der Waals surface area contributed by atoms with E-state index in [9.17, 15) is 9.59 Å². The third kappa shape index (κ3) is 6.54. The van der Waals surface area contributed by atoms with E-state index >= 15 is 0 Å². The number of carbonyl (C=O) groups is 2. The first kappa shape index (κ1) is 27.9. The predicted octanol–water partition coefficient (Wildman–Crippen LogP) is 3.76. The van der Waals surface area contributed by atoms with Crippen LogP contribution in [0.1, 0.15) is 33.5 Å². The van der Waals surface area contributed by atoms with Crippen LogP contribution in [0.5, 0.6) is 5.75 Å². The molecule has 5 rings (SSSR count). The normalized spacial score (nSPS) is 19.2. The molecule has 0 spiro atoms. The Morgan fingerprint density at radius 1 is 0.975 bits per heavy atom. The minimum atomic E-state index is -0.488. The summed E-state index contributed by atoms with van der Waals surface area (Å²) in [5.41, 5.74) is 4.36. The average molecular weight is 541 g/mol. The van der Waals surface area contributed by atoms with Crippen LogP contribution in [0.3, 0.4) is 0 Å². The highest BCUT2D eigenvalue weighted by Crippen LogP contribution is 2.29. The number of likely N-dealkylation sites (tertiary alicyclic amines) is 1. The monoisotopic (exact) mass is 540 g/mol. The lowest BCUT2D eigenvalue weighted by atomic mass is 10.0. The maximum atomic E-state index is 13.9. The first-order valence-corrected chi connectivity index (χ1v) is 14.3. The zero-order valence-electron chi connectivity index (χ0n) is 23.6. The predicted molar refractivity (Wildman–Crippen MR) is 157 cm³/mol. The van der Waals surface area contributed by atoms with Crippen molar-refractivity contribution in [1.82, 2.24) is 20.0 Å². The Kier molecular flexibility index (Phi) is 9.14. The van der Waals surface area contributed by atoms with Crippen molar-refractivity contribution in [3.63, 3.8) is 0 Å². The van der Waals surface area contributed by atoms with Gasteiger partial charge in [-0.3, -0.25) is 14.5 Å². The van der Waals surface area contributed by atoms with Gasteiger partial charge in [0.05, 0.1) is 7.11 Å². The minimum Gasteiger partial charge on any atom is -0.497 e. The number of hydrogen-bond donors (Lipinski definition) is 1. The van der Waals surface area contributed by atoms with Crippen molar-refractivity contribution in [1.29, 1.82) is 0 Å². The molecule has 2 saturated heterocycles. The number of benzene rings is 3. The van der Waals surface area contributed by atoms with Crippen LogP contribution in [0.25, 0.3) is 0 Å². The molecule has 2 amide bonds. The van der Waals surface area contributed by atoms with E-state index in [2.05, 4.69) is 65.7 Å². The highest BCUT2D eigenvalue weighted by Gasteiger charge is 2.43. The quantitative estimate of drug-likeness (QED) is 0.448. The van der Waals surface area contributed by atoms with Gasteiger partial charge in [0, 0.05) is 57.4 Å². The van der Waals surface area contributed by atoms with Gasteiger partial charge in [-0.2, -0.15) is 0 Å². The lowest BCUT2D eigenvalue weighted by Gasteiger charge is -2.32. The second-order valence-corrected chi connectivity index (χ2v) is 10.8. The zero-order chi connectivity index (χ0) is 27.9. The molecule has 40 heavy (non-hydrogen) atoms. The molecule has 2 aliphatic rings. The van der Waals surface area contributed by atoms with Crippen molar-refractivity contribution < 1.29 is 14.3 Å². The molecule has 2 aliphatic heterocycles. The van der Waals surface area contributed by atoms with Crippen molar-refractivity contribution in [3.05, 3.63) is 101 Å². The average Bonchev–Trinajstić information content (AvgIpc) is 3.45. The van der Waals surface area contributed by atoms with Gasteiger partial charge in [-0.15, -0.1) is 0 Å². The summed E-state index contributed by atoms with van der Waals surface area (Å²) in [6, 6.07) is 25.8. The summed E-state index contributed by atoms with van der Waals surface area (Å²) in [6.07, 6.45) is 1.53. The van der Waals surface area contributed by atoms with Gasteiger partial charge in [-0.05, 0) is 54.7 Å². The third-order valence-electron chi connectivity index (χ3n) is 8.25. The van der Waals surface area contributed by atoms with Crippen molar-refractivity contribution in [2.45, 2.75) is 38.4 Å². The molecule has 3 aromatic rings. The number of nitrogens with one attached hydrogen (secondary N) is 1. The van der Waals surface area contributed by atoms with E-state index in [1.54, 1.807) is 13.2 Å². The van der Waals surface area contributed by atoms with Crippen LogP contribution in [-0.4, -0.2) is 85.0 Å². The number of aryl methyl sites for hydroxylation is 1. The summed E-state index contributed by atoms with van der Waals surface area (Å²) in [6.45, 7) is 7.18. The summed E-state index contributed by atoms with van der Waals surface area (Å²) in [4.78, 5) is 34.0. The molecular formula is C33H40N4O3. The molecule has 2 atom stereocenters. The molecule has 7 nitrogen and oxygen atoms in total. The SMILES string of the molecule is COc1cccc(C(=O)N2CC(N(CCc3ccccc3)Cc3ccccc3C)CC2C(=O)N2CCNCC2)c1. The number of carbonyl (C=O) groups excluding carboxylic acids is 2. The number of ether oxygens (including phenoxy) is 1. The molecule has 3 aromatic carbocycles. The Hall–Kier alpha value is -3.68. The van der Waals surface area contributed by atoms with Crippen LogP contribution >= 0.6 is 0 Å². The van der Waals surface area contributed by atoms with Gasteiger partial charge in [0.25, 0.3) is 5.91 Å². The highest BCUT2D eigenvalue weighted by atomic mass is 16.5. The number of methoxy groups -OCH3 is 1. The van der Waals surface area contributed by atoms with Gasteiger partial charge in [0.15, 0.2) is 0 Å². The first-order valence-electron chi connectivity index (χ1n) is 14.3. The van der Waals surface area contributed by atoms with E-state index in [1.165, 1.54) is 16.7 Å². The Morgan fingerprint density at radius 3 is 2.48 bits per heavy atom. The Balaban J connectivity index is 1.43. The van der Waals surface area contributed by atoms with E-state index in [0.717, 1.165) is 32.6 Å². The number of hydrogen-bond acceptors (Lipinski definition) is 5. The summed E-state index contributed by atoms with van der Waals surface area (Å²) in [5.74, 6) is 0.573. The lowest BCUT2D eigenvalue weighted by molar-refractivity contribution is -0.135. The van der Waals surface area contributed by atoms with Crippen LogP contribution in [0.15, 0.2) is 78.9 Å². The molecule has 0 bridgehead atoms. The number of piperazine rings is 1. The molecule has 2 heterocycles. The van der Waals surface area contributed by atoms with Gasteiger partial charge in [-0.1, -0.05) is 60.7 Å². The van der Waals surface area contributed by atoms with Gasteiger partial charge in [0.2, 0.25) is 5.91 Å². The highest BCUT2D eigenvalue weighted by molar-refractivity contribution is 5.98. The van der Waals surface area contributed by atoms with E-state index in [4.69, 9.17) is 4.74 Å². The number of amides is 2. The fourth-order valence-electron chi connectivity index (χ4n) is 5.87. The third-order valence-corrected chi connectivity index (χ3v) is 8.25. The number of rotatable bonds is 9. The molecule has 2 unspecified atom stereocenters. The lowest BCUT2D eigenvalue weighted by Crippen LogP contribution is -2.53. The summed E-state index contributed by atoms with van der Waals surface area (Å²) < 4.78 is 5.39. The largest absolute Gasteiger partial charge is 0.497 e. The number of nitrogens with zero attached hydrogens (tertiary/aromatic N) is 3. The second-order valence-electron chi connectivity index (χ2n) is 10.8. The zero-order valence-corrected chi connectivity index (χ0v) is 23.6. The van der Waals surface area contributed by atoms with Crippen molar-refractivity contribution >= 4 is 11.8 Å². The van der Waals surface area contributed by atoms with Gasteiger partial charge < -0.3 is 19.9 Å². The van der Waals surface area contributed by atoms with E-state index < -0.39 is 6.04 Å². The first-order chi connectivity index (χ1) is 19.5. The van der Waals surface area contributed by atoms with Gasteiger partial charge in [0.1, 0.15) is 11.8 Å². The van der Waals surface area contributed by atoms with Gasteiger partial charge in [-0.25, -0.2) is 0 Å². The molecule has 0 aliphatic carbocycles. The fourth-order valence-corrected chi connectivity index (χ4v) is 5.87. The molecule has 0 aromatic heterocycles. The summed E-state index contributed by atoms with van der Waals surface area (Å²) >= 11 is 0. The molecule has 1 N–H and O–H groups in total. The molecule has 0 radical (unpaired) electrons. The molecule has 0 saturated carbocycles. The van der Waals surface area contributed by atoms with Crippen LogP contribution in [0, 0.1) is 6.92 Å². The standard InChI is InChI=1S/C33H40N4O3/c1-25-9-6-7-12-28(25)23-36(18-15-26-10-4-3-5-11-26)29-22-31(33(39)35-19-16-34-17-20-35)37(24-29)32(38)27-13-8-14-30(21-27)40-2/h3-14,21,29,31,34H,15-20,22-24H2,1-2H3. The molecule has 7 heteroatoms. The molecular weight excluding hydrogens is 500 g/mol. The maximum absolute atomic E-state index is 13.9. The maximum Gasteiger partial charge on any atom is 0.254 e. The molecule has 2 fully saturated rings. The smallest absolute Gasteiger partial charge is 0.254 e. The Bertz CT molecular complexity index is 1290. The van der Waals surface area contributed by atoms with Crippen molar-refractivity contribution in [2.75, 3.05) is 46.4 Å². The molecule has 210 valence electrons. The Morgan fingerprint density at radius 2 is 1.73 bits per heavy atom. The van der Waals surface area contributed by atoms with Crippen molar-refractivity contribution in [3.8, 4) is 5.75 Å². The van der Waals surface area contributed by atoms with Crippen LogP contribution < -0.4 is 10.1 Å². The Labute approximate surface area is 237 Å². The van der Waals surface area contributed by atoms with Crippen molar-refractivity contribution in [2.24, 2.45) is 0 Å². The topological polar surface area (TPSA) is 65.1 Å². The fraction of sp³-hybridized carbons (Fsp3) is 0.394. The van der Waals surface area contributed by atoms with Crippen LogP contribution in [0.2, 0.25) is 0 Å². The van der Waals surface area contributed by atoms with Crippen LogP contribution in [-0.2, 0) is 17.8 Å². The van der Waals surface area contributed by atoms with E-state index in [1.807, 2.05) is 34.1 Å². The minimum absolute atomic E-state index is 0.0548. The van der Waals surface area contributed by atoms with Gasteiger partial charge >= 0.3 is 0 Å². The summed E-state index contributed by atoms with van der Waals surface area (Å²) in [5, 5.41) is 3.33.